The lowest BCUT2D eigenvalue weighted by molar-refractivity contribution is 0.0346. The lowest BCUT2D eigenvalue weighted by Crippen LogP contribution is -2.49. The number of nitrogens with zero attached hydrogens (tertiary/aromatic N) is 3. The van der Waals surface area contributed by atoms with Crippen LogP contribution in [0.2, 0.25) is 0 Å². The van der Waals surface area contributed by atoms with Crippen molar-refractivity contribution in [2.75, 3.05) is 0 Å². The molecule has 2 aromatic heterocycles. The van der Waals surface area contributed by atoms with E-state index >= 15 is 0 Å². The Balaban J connectivity index is 1.50. The van der Waals surface area contributed by atoms with Gasteiger partial charge in [-0.15, -0.1) is 0 Å². The highest BCUT2D eigenvalue weighted by Gasteiger charge is 2.45. The van der Waals surface area contributed by atoms with E-state index in [4.69, 9.17) is 9.26 Å². The van der Waals surface area contributed by atoms with Crippen LogP contribution >= 0.6 is 0 Å². The van der Waals surface area contributed by atoms with E-state index in [1.54, 1.807) is 13.1 Å². The highest BCUT2D eigenvalue weighted by Crippen LogP contribution is 2.38. The molecule has 126 valence electrons. The van der Waals surface area contributed by atoms with Crippen LogP contribution in [0.15, 0.2) is 28.9 Å². The number of fused-ring (bicyclic) bond motifs is 2. The zero-order valence-electron chi connectivity index (χ0n) is 13.9. The van der Waals surface area contributed by atoms with Gasteiger partial charge in [0.2, 0.25) is 5.88 Å². The Morgan fingerprint density at radius 3 is 2.58 bits per heavy atom. The Kier molecular flexibility index (Phi) is 3.75. The highest BCUT2D eigenvalue weighted by molar-refractivity contribution is 5.96. The van der Waals surface area contributed by atoms with E-state index in [0.717, 1.165) is 25.7 Å². The number of hydrogen-bond acceptors (Lipinski definition) is 5. The first kappa shape index (κ1) is 15.2. The third-order valence-electron chi connectivity index (χ3n) is 5.10. The standard InChI is InChI=1S/C18H21N3O3/c1-11-17(12(2)24-20-11)18(22)21-13-6-7-14(21)10-15(9-13)23-16-5-3-4-8-19-16/h3-5,8,13-15H,6-7,9-10H2,1-2H3. The zero-order valence-corrected chi connectivity index (χ0v) is 13.9. The number of rotatable bonds is 3. The van der Waals surface area contributed by atoms with Crippen molar-refractivity contribution in [2.24, 2.45) is 0 Å². The number of piperidine rings is 1. The number of amides is 1. The van der Waals surface area contributed by atoms with Crippen LogP contribution in [0.3, 0.4) is 0 Å². The normalized spacial score (nSPS) is 25.8. The lowest BCUT2D eigenvalue weighted by atomic mass is 9.98. The maximum atomic E-state index is 13.0. The topological polar surface area (TPSA) is 68.5 Å². The Morgan fingerprint density at radius 2 is 2.00 bits per heavy atom. The molecule has 4 heterocycles. The van der Waals surface area contributed by atoms with Crippen LogP contribution < -0.4 is 4.74 Å². The molecule has 2 aromatic rings. The molecular weight excluding hydrogens is 306 g/mol. The van der Waals surface area contributed by atoms with Crippen LogP contribution in [0, 0.1) is 13.8 Å². The molecule has 2 saturated heterocycles. The SMILES string of the molecule is Cc1noc(C)c1C(=O)N1C2CCC1CC(Oc1ccccn1)C2. The molecule has 0 N–H and O–H groups in total. The van der Waals surface area contributed by atoms with Crippen LogP contribution in [0.1, 0.15) is 47.5 Å². The minimum Gasteiger partial charge on any atom is -0.474 e. The van der Waals surface area contributed by atoms with Crippen molar-refractivity contribution < 1.29 is 14.1 Å². The first-order chi connectivity index (χ1) is 11.6. The van der Waals surface area contributed by atoms with Gasteiger partial charge in [0.05, 0.1) is 5.69 Å². The highest BCUT2D eigenvalue weighted by atomic mass is 16.5. The second kappa shape index (κ2) is 5.92. The molecular formula is C18H21N3O3. The van der Waals surface area contributed by atoms with Gasteiger partial charge in [-0.1, -0.05) is 11.2 Å². The molecule has 6 nitrogen and oxygen atoms in total. The molecule has 2 unspecified atom stereocenters. The van der Waals surface area contributed by atoms with Gasteiger partial charge in [0.25, 0.3) is 5.91 Å². The van der Waals surface area contributed by atoms with Gasteiger partial charge in [0.1, 0.15) is 17.4 Å². The lowest BCUT2D eigenvalue weighted by Gasteiger charge is -2.38. The second-order valence-electron chi connectivity index (χ2n) is 6.68. The molecule has 0 aromatic carbocycles. The van der Waals surface area contributed by atoms with Crippen LogP contribution in [0.4, 0.5) is 0 Å². The van der Waals surface area contributed by atoms with E-state index in [-0.39, 0.29) is 24.1 Å². The second-order valence-corrected chi connectivity index (χ2v) is 6.68. The largest absolute Gasteiger partial charge is 0.474 e. The van der Waals surface area contributed by atoms with Crippen molar-refractivity contribution in [3.05, 3.63) is 41.4 Å². The Bertz CT molecular complexity index is 710. The average Bonchev–Trinajstić information content (AvgIpc) is 3.05. The van der Waals surface area contributed by atoms with E-state index in [1.807, 2.05) is 30.0 Å². The summed E-state index contributed by atoms with van der Waals surface area (Å²) >= 11 is 0. The summed E-state index contributed by atoms with van der Waals surface area (Å²) in [6.45, 7) is 3.62. The summed E-state index contributed by atoms with van der Waals surface area (Å²) in [5.41, 5.74) is 1.29. The molecule has 24 heavy (non-hydrogen) atoms. The zero-order chi connectivity index (χ0) is 16.7. The predicted octanol–water partition coefficient (Wildman–Crippen LogP) is 2.90. The van der Waals surface area contributed by atoms with Gasteiger partial charge in [0.15, 0.2) is 0 Å². The maximum absolute atomic E-state index is 13.0. The molecule has 6 heteroatoms. The first-order valence-corrected chi connectivity index (χ1v) is 8.46. The van der Waals surface area contributed by atoms with Gasteiger partial charge >= 0.3 is 0 Å². The van der Waals surface area contributed by atoms with Crippen molar-refractivity contribution in [1.29, 1.82) is 0 Å². The minimum atomic E-state index is 0.0510. The fourth-order valence-electron chi connectivity index (χ4n) is 4.06. The Labute approximate surface area is 140 Å². The Hall–Kier alpha value is -2.37. The van der Waals surface area contributed by atoms with Gasteiger partial charge < -0.3 is 14.2 Å². The van der Waals surface area contributed by atoms with Gasteiger partial charge in [-0.3, -0.25) is 4.79 Å². The summed E-state index contributed by atoms with van der Waals surface area (Å²) in [5.74, 6) is 1.31. The molecule has 4 rings (SSSR count). The smallest absolute Gasteiger partial charge is 0.259 e. The predicted molar refractivity (Wildman–Crippen MR) is 86.8 cm³/mol. The average molecular weight is 327 g/mol. The maximum Gasteiger partial charge on any atom is 0.259 e. The minimum absolute atomic E-state index is 0.0510. The molecule has 2 atom stereocenters. The van der Waals surface area contributed by atoms with Crippen molar-refractivity contribution >= 4 is 5.91 Å². The first-order valence-electron chi connectivity index (χ1n) is 8.46. The molecule has 0 radical (unpaired) electrons. The molecule has 2 fully saturated rings. The van der Waals surface area contributed by atoms with Gasteiger partial charge in [-0.05, 0) is 32.8 Å². The van der Waals surface area contributed by atoms with Gasteiger partial charge in [-0.2, -0.15) is 0 Å². The van der Waals surface area contributed by atoms with E-state index in [0.29, 0.717) is 22.9 Å². The van der Waals surface area contributed by atoms with Gasteiger partial charge in [-0.25, -0.2) is 4.98 Å². The van der Waals surface area contributed by atoms with Crippen LogP contribution in [-0.4, -0.2) is 39.1 Å². The summed E-state index contributed by atoms with van der Waals surface area (Å²) in [6.07, 6.45) is 5.61. The van der Waals surface area contributed by atoms with Crippen molar-refractivity contribution in [3.8, 4) is 5.88 Å². The number of pyridine rings is 1. The Morgan fingerprint density at radius 1 is 1.25 bits per heavy atom. The molecule has 0 aliphatic carbocycles. The monoisotopic (exact) mass is 327 g/mol. The molecule has 0 saturated carbocycles. The van der Waals surface area contributed by atoms with Crippen LogP contribution in [-0.2, 0) is 0 Å². The van der Waals surface area contributed by atoms with Crippen LogP contribution in [0.5, 0.6) is 5.88 Å². The summed E-state index contributed by atoms with van der Waals surface area (Å²) < 4.78 is 11.2. The van der Waals surface area contributed by atoms with Crippen molar-refractivity contribution in [1.82, 2.24) is 15.0 Å². The number of hydrogen-bond donors (Lipinski definition) is 0. The summed E-state index contributed by atoms with van der Waals surface area (Å²) in [7, 11) is 0. The van der Waals surface area contributed by atoms with Gasteiger partial charge in [0, 0.05) is 37.2 Å². The molecule has 2 aliphatic rings. The third kappa shape index (κ3) is 2.56. The van der Waals surface area contributed by atoms with E-state index in [2.05, 4.69) is 10.1 Å². The number of carbonyl (C=O) groups is 1. The number of carbonyl (C=O) groups excluding carboxylic acids is 1. The quantitative estimate of drug-likeness (QED) is 0.867. The fraction of sp³-hybridized carbons (Fsp3) is 0.500. The fourth-order valence-corrected chi connectivity index (χ4v) is 4.06. The van der Waals surface area contributed by atoms with Crippen LogP contribution in [0.25, 0.3) is 0 Å². The van der Waals surface area contributed by atoms with E-state index in [1.165, 1.54) is 0 Å². The van der Waals surface area contributed by atoms with Crippen molar-refractivity contribution in [2.45, 2.75) is 57.7 Å². The van der Waals surface area contributed by atoms with E-state index in [9.17, 15) is 4.79 Å². The third-order valence-corrected chi connectivity index (χ3v) is 5.10. The van der Waals surface area contributed by atoms with Crippen molar-refractivity contribution in [3.63, 3.8) is 0 Å². The number of aromatic nitrogens is 2. The molecule has 2 aliphatic heterocycles. The molecule has 2 bridgehead atoms. The summed E-state index contributed by atoms with van der Waals surface area (Å²) in [5, 5.41) is 3.92. The van der Waals surface area contributed by atoms with E-state index < -0.39 is 0 Å². The molecule has 1 amide bonds. The number of aryl methyl sites for hydroxylation is 2. The summed E-state index contributed by atoms with van der Waals surface area (Å²) in [6, 6.07) is 6.12. The molecule has 0 spiro atoms. The number of ether oxygens (including phenoxy) is 1. The summed E-state index contributed by atoms with van der Waals surface area (Å²) in [4.78, 5) is 19.3.